The van der Waals surface area contributed by atoms with E-state index in [1.807, 2.05) is 67.6 Å². The Morgan fingerprint density at radius 2 is 1.85 bits per heavy atom. The second-order valence-corrected chi connectivity index (χ2v) is 8.40. The van der Waals surface area contributed by atoms with E-state index in [0.29, 0.717) is 17.5 Å². The van der Waals surface area contributed by atoms with Gasteiger partial charge in [0, 0.05) is 19.0 Å². The molecule has 7 heteroatoms. The van der Waals surface area contributed by atoms with Gasteiger partial charge in [-0.15, -0.1) is 0 Å². The molecule has 5 rings (SSSR count). The summed E-state index contributed by atoms with van der Waals surface area (Å²) in [5.74, 6) is -0.464. The number of benzene rings is 3. The molecule has 0 aliphatic carbocycles. The number of carbonyl (C=O) groups is 2. The van der Waals surface area contributed by atoms with E-state index in [4.69, 9.17) is 4.74 Å². The summed E-state index contributed by atoms with van der Waals surface area (Å²) in [4.78, 5) is 31.6. The van der Waals surface area contributed by atoms with Crippen LogP contribution in [0.15, 0.2) is 85.5 Å². The van der Waals surface area contributed by atoms with Crippen LogP contribution in [0.4, 0.5) is 0 Å². The minimum Gasteiger partial charge on any atom is -0.454 e. The molecule has 170 valence electrons. The Morgan fingerprint density at radius 3 is 2.56 bits per heavy atom. The van der Waals surface area contributed by atoms with Crippen LogP contribution in [-0.4, -0.2) is 38.6 Å². The number of rotatable bonds is 5. The summed E-state index contributed by atoms with van der Waals surface area (Å²) >= 11 is 0. The Kier molecular flexibility index (Phi) is 5.67. The Morgan fingerprint density at radius 1 is 1.09 bits per heavy atom. The molecule has 0 fully saturated rings. The van der Waals surface area contributed by atoms with E-state index in [1.165, 1.54) is 6.33 Å². The van der Waals surface area contributed by atoms with E-state index < -0.39 is 0 Å². The summed E-state index contributed by atoms with van der Waals surface area (Å²) in [5.41, 5.74) is 4.74. The van der Waals surface area contributed by atoms with Crippen LogP contribution in [0, 0.1) is 0 Å². The normalized spacial score (nSPS) is 15.8. The van der Waals surface area contributed by atoms with Crippen LogP contribution in [0.25, 0.3) is 5.69 Å². The van der Waals surface area contributed by atoms with Crippen LogP contribution in [-0.2, 0) is 11.2 Å². The van der Waals surface area contributed by atoms with Crippen molar-refractivity contribution in [3.05, 3.63) is 113 Å². The largest absolute Gasteiger partial charge is 0.454 e. The number of ether oxygens (including phenoxy) is 1. The highest BCUT2D eigenvalue weighted by Crippen LogP contribution is 2.31. The lowest BCUT2D eigenvalue weighted by Gasteiger charge is -2.28. The molecular formula is C27H24N4O3. The number of amides is 1. The number of fused-ring (bicyclic) bond motifs is 1. The minimum absolute atomic E-state index is 0.106. The van der Waals surface area contributed by atoms with E-state index in [1.54, 1.807) is 35.1 Å². The van der Waals surface area contributed by atoms with Gasteiger partial charge < -0.3 is 9.64 Å². The molecule has 4 aromatic rings. The van der Waals surface area contributed by atoms with Crippen molar-refractivity contribution in [2.75, 3.05) is 7.05 Å². The quantitative estimate of drug-likeness (QED) is 0.415. The highest BCUT2D eigenvalue weighted by molar-refractivity contribution is 5.98. The molecule has 34 heavy (non-hydrogen) atoms. The molecule has 0 radical (unpaired) electrons. The zero-order chi connectivity index (χ0) is 23.7. The van der Waals surface area contributed by atoms with Crippen molar-refractivity contribution in [1.29, 1.82) is 0 Å². The van der Waals surface area contributed by atoms with Gasteiger partial charge in [0.25, 0.3) is 5.91 Å². The maximum absolute atomic E-state index is 13.3. The van der Waals surface area contributed by atoms with Gasteiger partial charge in [0.05, 0.1) is 17.3 Å². The van der Waals surface area contributed by atoms with Crippen molar-refractivity contribution >= 4 is 11.9 Å². The summed E-state index contributed by atoms with van der Waals surface area (Å²) in [6, 6.07) is 22.6. The second kappa shape index (κ2) is 8.94. The third kappa shape index (κ3) is 4.08. The van der Waals surface area contributed by atoms with Crippen LogP contribution in [0.2, 0.25) is 0 Å². The standard InChI is InChI=1S/C27H24N4O3/c1-18(19-8-11-23(12-9-19)31-17-28-16-29-31)30(2)26(32)21-10-13-24-22(14-21)15-25(34-27(24)33)20-6-4-3-5-7-20/h3-14,16-18,25H,15H2,1-2H3/t18-,25-/m1/s1. The predicted octanol–water partition coefficient (Wildman–Crippen LogP) is 4.55. The molecule has 0 saturated heterocycles. The zero-order valence-electron chi connectivity index (χ0n) is 19.0. The fourth-order valence-electron chi connectivity index (χ4n) is 4.23. The fraction of sp³-hybridized carbons (Fsp3) is 0.185. The lowest BCUT2D eigenvalue weighted by Crippen LogP contribution is -2.30. The maximum Gasteiger partial charge on any atom is 0.339 e. The number of cyclic esters (lactones) is 1. The highest BCUT2D eigenvalue weighted by atomic mass is 16.5. The van der Waals surface area contributed by atoms with Gasteiger partial charge in [-0.3, -0.25) is 4.79 Å². The molecule has 0 unspecified atom stereocenters. The van der Waals surface area contributed by atoms with Crippen molar-refractivity contribution in [3.8, 4) is 5.69 Å². The van der Waals surface area contributed by atoms with Gasteiger partial charge in [-0.2, -0.15) is 5.10 Å². The van der Waals surface area contributed by atoms with Gasteiger partial charge in [-0.1, -0.05) is 42.5 Å². The van der Waals surface area contributed by atoms with E-state index in [9.17, 15) is 9.59 Å². The molecule has 0 spiro atoms. The first-order valence-corrected chi connectivity index (χ1v) is 11.1. The van der Waals surface area contributed by atoms with Gasteiger partial charge in [-0.05, 0) is 53.9 Å². The highest BCUT2D eigenvalue weighted by Gasteiger charge is 2.29. The van der Waals surface area contributed by atoms with Crippen molar-refractivity contribution in [2.45, 2.75) is 25.5 Å². The number of hydrogen-bond donors (Lipinski definition) is 0. The molecular weight excluding hydrogens is 428 g/mol. The topological polar surface area (TPSA) is 77.3 Å². The first-order chi connectivity index (χ1) is 16.5. The van der Waals surface area contributed by atoms with Gasteiger partial charge in [-0.25, -0.2) is 14.5 Å². The molecule has 2 atom stereocenters. The summed E-state index contributed by atoms with van der Waals surface area (Å²) in [6.45, 7) is 1.99. The van der Waals surface area contributed by atoms with E-state index in [-0.39, 0.29) is 24.0 Å². The van der Waals surface area contributed by atoms with Crippen molar-refractivity contribution in [3.63, 3.8) is 0 Å². The van der Waals surface area contributed by atoms with Gasteiger partial charge in [0.1, 0.15) is 18.8 Å². The molecule has 0 saturated carbocycles. The molecule has 2 heterocycles. The molecule has 7 nitrogen and oxygen atoms in total. The molecule has 1 amide bonds. The molecule has 0 bridgehead atoms. The predicted molar refractivity (Wildman–Crippen MR) is 127 cm³/mol. The van der Waals surface area contributed by atoms with Crippen LogP contribution < -0.4 is 0 Å². The monoisotopic (exact) mass is 452 g/mol. The maximum atomic E-state index is 13.3. The first kappa shape index (κ1) is 21.6. The fourth-order valence-corrected chi connectivity index (χ4v) is 4.23. The van der Waals surface area contributed by atoms with Gasteiger partial charge in [0.15, 0.2) is 0 Å². The molecule has 0 N–H and O–H groups in total. The van der Waals surface area contributed by atoms with Crippen LogP contribution in [0.1, 0.15) is 56.5 Å². The van der Waals surface area contributed by atoms with Gasteiger partial charge in [0.2, 0.25) is 0 Å². The Bertz CT molecular complexity index is 1320. The third-order valence-electron chi connectivity index (χ3n) is 6.36. The SMILES string of the molecule is C[C@H](c1ccc(-n2cncn2)cc1)N(C)C(=O)c1ccc2c(c1)C[C@H](c1ccccc1)OC2=O. The smallest absolute Gasteiger partial charge is 0.339 e. The number of nitrogens with zero attached hydrogens (tertiary/aromatic N) is 4. The van der Waals surface area contributed by atoms with Gasteiger partial charge >= 0.3 is 5.97 Å². The molecule has 1 aliphatic rings. The van der Waals surface area contributed by atoms with Crippen LogP contribution in [0.5, 0.6) is 0 Å². The van der Waals surface area contributed by atoms with Crippen LogP contribution >= 0.6 is 0 Å². The first-order valence-electron chi connectivity index (χ1n) is 11.1. The third-order valence-corrected chi connectivity index (χ3v) is 6.36. The summed E-state index contributed by atoms with van der Waals surface area (Å²) in [7, 11) is 1.79. The molecule has 1 aliphatic heterocycles. The van der Waals surface area contributed by atoms with E-state index >= 15 is 0 Å². The Balaban J connectivity index is 1.35. The number of aromatic nitrogens is 3. The lowest BCUT2D eigenvalue weighted by atomic mass is 9.93. The zero-order valence-corrected chi connectivity index (χ0v) is 19.0. The second-order valence-electron chi connectivity index (χ2n) is 8.40. The number of hydrogen-bond acceptors (Lipinski definition) is 5. The average molecular weight is 453 g/mol. The number of esters is 1. The minimum atomic E-state index is -0.358. The van der Waals surface area contributed by atoms with E-state index in [0.717, 1.165) is 22.4 Å². The van der Waals surface area contributed by atoms with Crippen LogP contribution in [0.3, 0.4) is 0 Å². The average Bonchev–Trinajstić information content (AvgIpc) is 3.43. The molecule has 3 aromatic carbocycles. The Hall–Kier alpha value is -4.26. The van der Waals surface area contributed by atoms with Crippen molar-refractivity contribution < 1.29 is 14.3 Å². The lowest BCUT2D eigenvalue weighted by molar-refractivity contribution is 0.0252. The number of carbonyl (C=O) groups excluding carboxylic acids is 2. The summed E-state index contributed by atoms with van der Waals surface area (Å²) in [6.07, 6.45) is 3.31. The summed E-state index contributed by atoms with van der Waals surface area (Å²) < 4.78 is 7.32. The molecule has 1 aromatic heterocycles. The Labute approximate surface area is 197 Å². The van der Waals surface area contributed by atoms with Crippen molar-refractivity contribution in [2.24, 2.45) is 0 Å². The van der Waals surface area contributed by atoms with E-state index in [2.05, 4.69) is 10.1 Å². The summed E-state index contributed by atoms with van der Waals surface area (Å²) in [5, 5.41) is 4.14. The van der Waals surface area contributed by atoms with Crippen molar-refractivity contribution in [1.82, 2.24) is 19.7 Å².